The molecule has 1 aromatic carbocycles. The highest BCUT2D eigenvalue weighted by Crippen LogP contribution is 2.42. The van der Waals surface area contributed by atoms with Crippen LogP contribution in [0.2, 0.25) is 0 Å². The van der Waals surface area contributed by atoms with Gasteiger partial charge >= 0.3 is 0 Å². The molecule has 1 saturated heterocycles. The number of carbonyl (C=O) groups is 1. The molecule has 7 heteroatoms. The van der Waals surface area contributed by atoms with Gasteiger partial charge in [-0.1, -0.05) is 6.07 Å². The lowest BCUT2D eigenvalue weighted by Gasteiger charge is -2.45. The number of amides is 1. The van der Waals surface area contributed by atoms with E-state index in [2.05, 4.69) is 22.1 Å². The van der Waals surface area contributed by atoms with Gasteiger partial charge in [-0.15, -0.1) is 0 Å². The van der Waals surface area contributed by atoms with Crippen molar-refractivity contribution in [2.45, 2.75) is 31.8 Å². The number of aryl methyl sites for hydroxylation is 1. The van der Waals surface area contributed by atoms with Gasteiger partial charge in [-0.05, 0) is 49.4 Å². The lowest BCUT2D eigenvalue weighted by atomic mass is 9.79. The van der Waals surface area contributed by atoms with Crippen molar-refractivity contribution in [1.82, 2.24) is 14.9 Å². The van der Waals surface area contributed by atoms with Crippen LogP contribution in [0.3, 0.4) is 0 Å². The first-order chi connectivity index (χ1) is 13.0. The van der Waals surface area contributed by atoms with E-state index < -0.39 is 0 Å². The van der Waals surface area contributed by atoms with E-state index in [0.29, 0.717) is 31.0 Å². The Morgan fingerprint density at radius 3 is 2.81 bits per heavy atom. The Bertz CT molecular complexity index is 876. The van der Waals surface area contributed by atoms with Crippen molar-refractivity contribution in [3.8, 4) is 5.75 Å². The lowest BCUT2D eigenvalue weighted by molar-refractivity contribution is -0.0935. The minimum absolute atomic E-state index is 0.0480. The third-order valence-corrected chi connectivity index (χ3v) is 5.64. The van der Waals surface area contributed by atoms with Gasteiger partial charge in [0.15, 0.2) is 0 Å². The van der Waals surface area contributed by atoms with Crippen LogP contribution >= 0.6 is 0 Å². The van der Waals surface area contributed by atoms with Crippen LogP contribution in [0.1, 0.15) is 40.0 Å². The second kappa shape index (κ2) is 6.81. The SMILES string of the molecule is COc1ccc2c(c1)CCOC21CCN(C(=O)c2cnc(N)nc2C)CC1. The number of likely N-dealkylation sites (tertiary alicyclic amines) is 1. The van der Waals surface area contributed by atoms with E-state index in [0.717, 1.165) is 25.0 Å². The van der Waals surface area contributed by atoms with Crippen LogP contribution in [0.5, 0.6) is 5.75 Å². The van der Waals surface area contributed by atoms with Crippen molar-refractivity contribution in [2.24, 2.45) is 0 Å². The molecule has 1 amide bonds. The molecule has 142 valence electrons. The molecule has 1 spiro atoms. The molecule has 2 N–H and O–H groups in total. The van der Waals surface area contributed by atoms with Gasteiger partial charge in [-0.3, -0.25) is 4.79 Å². The van der Waals surface area contributed by atoms with Gasteiger partial charge in [0.25, 0.3) is 5.91 Å². The Morgan fingerprint density at radius 2 is 2.11 bits per heavy atom. The van der Waals surface area contributed by atoms with Gasteiger partial charge in [0.1, 0.15) is 5.75 Å². The van der Waals surface area contributed by atoms with Gasteiger partial charge in [0.2, 0.25) is 5.95 Å². The molecule has 4 rings (SSSR count). The summed E-state index contributed by atoms with van der Waals surface area (Å²) in [5.74, 6) is 1.01. The molecule has 7 nitrogen and oxygen atoms in total. The van der Waals surface area contributed by atoms with E-state index in [4.69, 9.17) is 15.2 Å². The summed E-state index contributed by atoms with van der Waals surface area (Å²) in [5.41, 5.74) is 8.91. The molecule has 0 radical (unpaired) electrons. The molecule has 3 heterocycles. The monoisotopic (exact) mass is 368 g/mol. The van der Waals surface area contributed by atoms with Gasteiger partial charge < -0.3 is 20.1 Å². The van der Waals surface area contributed by atoms with Crippen LogP contribution in [-0.2, 0) is 16.8 Å². The Balaban J connectivity index is 1.53. The summed E-state index contributed by atoms with van der Waals surface area (Å²) in [4.78, 5) is 22.8. The highest BCUT2D eigenvalue weighted by atomic mass is 16.5. The predicted octanol–water partition coefficient (Wildman–Crippen LogP) is 2.08. The van der Waals surface area contributed by atoms with Crippen LogP contribution in [0.4, 0.5) is 5.95 Å². The minimum atomic E-state index is -0.316. The summed E-state index contributed by atoms with van der Waals surface area (Å²) < 4.78 is 11.6. The maximum Gasteiger partial charge on any atom is 0.257 e. The molecule has 1 aromatic heterocycles. The number of fused-ring (bicyclic) bond motifs is 2. The van der Waals surface area contributed by atoms with Gasteiger partial charge in [0.05, 0.1) is 30.6 Å². The number of nitrogen functional groups attached to an aromatic ring is 1. The fourth-order valence-corrected chi connectivity index (χ4v) is 4.13. The normalized spacial score (nSPS) is 18.2. The largest absolute Gasteiger partial charge is 0.497 e. The zero-order valence-electron chi connectivity index (χ0n) is 15.7. The average molecular weight is 368 g/mol. The second-order valence-corrected chi connectivity index (χ2v) is 7.14. The summed E-state index contributed by atoms with van der Waals surface area (Å²) in [6, 6.07) is 6.21. The van der Waals surface area contributed by atoms with Crippen molar-refractivity contribution in [3.63, 3.8) is 0 Å². The molecular weight excluding hydrogens is 344 g/mol. The smallest absolute Gasteiger partial charge is 0.257 e. The van der Waals surface area contributed by atoms with Crippen LogP contribution < -0.4 is 10.5 Å². The molecule has 0 unspecified atom stereocenters. The summed E-state index contributed by atoms with van der Waals surface area (Å²) in [6.45, 7) is 3.74. The average Bonchev–Trinajstić information content (AvgIpc) is 2.68. The highest BCUT2D eigenvalue weighted by molar-refractivity contribution is 5.95. The number of nitrogens with two attached hydrogens (primary N) is 1. The predicted molar refractivity (Wildman–Crippen MR) is 101 cm³/mol. The van der Waals surface area contributed by atoms with Gasteiger partial charge in [0, 0.05) is 19.3 Å². The molecule has 0 atom stereocenters. The number of anilines is 1. The Morgan fingerprint density at radius 1 is 1.33 bits per heavy atom. The van der Waals surface area contributed by atoms with Crippen LogP contribution in [-0.4, -0.2) is 47.6 Å². The number of carbonyl (C=O) groups excluding carboxylic acids is 1. The molecule has 0 bridgehead atoms. The summed E-state index contributed by atoms with van der Waals surface area (Å²) >= 11 is 0. The molecule has 0 aliphatic carbocycles. The zero-order chi connectivity index (χ0) is 19.0. The number of rotatable bonds is 2. The third-order valence-electron chi connectivity index (χ3n) is 5.64. The first-order valence-electron chi connectivity index (χ1n) is 9.22. The zero-order valence-corrected chi connectivity index (χ0v) is 15.7. The topological polar surface area (TPSA) is 90.6 Å². The molecular formula is C20H24N4O3. The maximum atomic E-state index is 12.9. The molecule has 27 heavy (non-hydrogen) atoms. The summed E-state index contributed by atoms with van der Waals surface area (Å²) in [7, 11) is 1.68. The highest BCUT2D eigenvalue weighted by Gasteiger charge is 2.42. The van der Waals surface area contributed by atoms with E-state index in [-0.39, 0.29) is 17.5 Å². The quantitative estimate of drug-likeness (QED) is 0.873. The van der Waals surface area contributed by atoms with Gasteiger partial charge in [-0.25, -0.2) is 9.97 Å². The number of hydrogen-bond acceptors (Lipinski definition) is 6. The lowest BCUT2D eigenvalue weighted by Crippen LogP contribution is -2.48. The summed E-state index contributed by atoms with van der Waals surface area (Å²) in [5, 5.41) is 0. The van der Waals surface area contributed by atoms with Crippen LogP contribution in [0, 0.1) is 6.92 Å². The number of ether oxygens (including phenoxy) is 2. The van der Waals surface area contributed by atoms with Crippen molar-refractivity contribution in [1.29, 1.82) is 0 Å². The number of nitrogens with zero attached hydrogens (tertiary/aromatic N) is 3. The minimum Gasteiger partial charge on any atom is -0.497 e. The van der Waals surface area contributed by atoms with Crippen molar-refractivity contribution < 1.29 is 14.3 Å². The maximum absolute atomic E-state index is 12.9. The Kier molecular flexibility index (Phi) is 4.47. The van der Waals surface area contributed by atoms with Crippen LogP contribution in [0.25, 0.3) is 0 Å². The number of aromatic nitrogens is 2. The van der Waals surface area contributed by atoms with E-state index in [9.17, 15) is 4.79 Å². The Hall–Kier alpha value is -2.67. The number of hydrogen-bond donors (Lipinski definition) is 1. The van der Waals surface area contributed by atoms with E-state index >= 15 is 0 Å². The summed E-state index contributed by atoms with van der Waals surface area (Å²) in [6.07, 6.45) is 3.95. The van der Waals surface area contributed by atoms with Crippen molar-refractivity contribution >= 4 is 11.9 Å². The first kappa shape index (κ1) is 17.7. The van der Waals surface area contributed by atoms with E-state index in [1.165, 1.54) is 17.3 Å². The molecule has 2 aliphatic heterocycles. The third kappa shape index (κ3) is 3.12. The van der Waals surface area contributed by atoms with E-state index in [1.54, 1.807) is 14.0 Å². The number of benzene rings is 1. The Labute approximate surface area is 158 Å². The second-order valence-electron chi connectivity index (χ2n) is 7.14. The first-order valence-corrected chi connectivity index (χ1v) is 9.22. The van der Waals surface area contributed by atoms with Gasteiger partial charge in [-0.2, -0.15) is 0 Å². The van der Waals surface area contributed by atoms with Crippen LogP contribution in [0.15, 0.2) is 24.4 Å². The molecule has 0 saturated carbocycles. The number of piperidine rings is 1. The molecule has 1 fully saturated rings. The molecule has 2 aliphatic rings. The van der Waals surface area contributed by atoms with Crippen molar-refractivity contribution in [2.75, 3.05) is 32.5 Å². The van der Waals surface area contributed by atoms with E-state index in [1.807, 2.05) is 11.0 Å². The molecule has 2 aromatic rings. The standard InChI is InChI=1S/C20H24N4O3/c1-13-16(12-22-19(21)23-13)18(25)24-8-6-20(7-9-24)17-4-3-15(26-2)11-14(17)5-10-27-20/h3-4,11-12H,5-10H2,1-2H3,(H2,21,22,23). The van der Waals surface area contributed by atoms with Crippen molar-refractivity contribution in [3.05, 3.63) is 46.8 Å². The number of methoxy groups -OCH3 is 1. The fourth-order valence-electron chi connectivity index (χ4n) is 4.13. The fraction of sp³-hybridized carbons (Fsp3) is 0.450.